The first-order valence-corrected chi connectivity index (χ1v) is 7.03. The largest absolute Gasteiger partial charge is 0.495 e. The number of Topliss-reactive ketones (excluding diaryl/α,β-unsaturated/α-hetero) is 1. The summed E-state index contributed by atoms with van der Waals surface area (Å²) in [7, 11) is 1.54. The van der Waals surface area contributed by atoms with Gasteiger partial charge in [0, 0.05) is 5.56 Å². The van der Waals surface area contributed by atoms with Gasteiger partial charge in [-0.1, -0.05) is 41.9 Å². The Morgan fingerprint density at radius 3 is 2.52 bits per heavy atom. The molecule has 110 valence electrons. The summed E-state index contributed by atoms with van der Waals surface area (Å²) in [5.74, 6) is 0.439. The molecule has 2 aromatic carbocycles. The fourth-order valence-electron chi connectivity index (χ4n) is 1.94. The molecule has 1 unspecified atom stereocenters. The summed E-state index contributed by atoms with van der Waals surface area (Å²) >= 11 is 6.01. The van der Waals surface area contributed by atoms with Crippen molar-refractivity contribution in [2.75, 3.05) is 13.7 Å². The Balaban J connectivity index is 1.97. The lowest BCUT2D eigenvalue weighted by Gasteiger charge is -2.13. The van der Waals surface area contributed by atoms with E-state index in [1.807, 2.05) is 37.3 Å². The molecular weight excluding hydrogens is 288 g/mol. The van der Waals surface area contributed by atoms with Gasteiger partial charge in [0.05, 0.1) is 18.2 Å². The van der Waals surface area contributed by atoms with Gasteiger partial charge in [-0.3, -0.25) is 4.79 Å². The van der Waals surface area contributed by atoms with Crippen LogP contribution in [0.5, 0.6) is 5.75 Å². The number of halogens is 1. The molecule has 21 heavy (non-hydrogen) atoms. The lowest BCUT2D eigenvalue weighted by Crippen LogP contribution is -2.11. The average molecular weight is 305 g/mol. The van der Waals surface area contributed by atoms with Crippen LogP contribution in [0.25, 0.3) is 0 Å². The van der Waals surface area contributed by atoms with Crippen LogP contribution >= 0.6 is 11.6 Å². The summed E-state index contributed by atoms with van der Waals surface area (Å²) in [5, 5.41) is 0.416. The summed E-state index contributed by atoms with van der Waals surface area (Å²) in [4.78, 5) is 12.1. The number of carbonyl (C=O) groups is 1. The molecular formula is C17H17ClO3. The fourth-order valence-corrected chi connectivity index (χ4v) is 2.20. The van der Waals surface area contributed by atoms with Gasteiger partial charge >= 0.3 is 0 Å². The Kier molecular flexibility index (Phi) is 5.37. The maximum absolute atomic E-state index is 12.1. The second kappa shape index (κ2) is 7.25. The smallest absolute Gasteiger partial charge is 0.188 e. The van der Waals surface area contributed by atoms with Crippen molar-refractivity contribution >= 4 is 17.4 Å². The van der Waals surface area contributed by atoms with Crippen molar-refractivity contribution in [3.63, 3.8) is 0 Å². The molecule has 1 atom stereocenters. The van der Waals surface area contributed by atoms with Gasteiger partial charge < -0.3 is 9.47 Å². The van der Waals surface area contributed by atoms with Gasteiger partial charge in [-0.25, -0.2) is 0 Å². The quantitative estimate of drug-likeness (QED) is 0.746. The van der Waals surface area contributed by atoms with E-state index in [2.05, 4.69) is 0 Å². The van der Waals surface area contributed by atoms with E-state index in [0.29, 0.717) is 16.3 Å². The molecule has 0 heterocycles. The maximum atomic E-state index is 12.1. The topological polar surface area (TPSA) is 35.5 Å². The van der Waals surface area contributed by atoms with Gasteiger partial charge in [0.25, 0.3) is 0 Å². The van der Waals surface area contributed by atoms with Crippen molar-refractivity contribution in [3.8, 4) is 5.75 Å². The molecule has 0 saturated heterocycles. The molecule has 0 aliphatic heterocycles. The van der Waals surface area contributed by atoms with Crippen molar-refractivity contribution in [2.24, 2.45) is 0 Å². The monoisotopic (exact) mass is 304 g/mol. The standard InChI is InChI=1S/C17H17ClO3/c1-12(13-6-4-3-5-7-13)21-11-16(19)14-8-9-17(20-2)15(18)10-14/h3-10,12H,11H2,1-2H3. The summed E-state index contributed by atoms with van der Waals surface area (Å²) in [6.45, 7) is 1.93. The fraction of sp³-hybridized carbons (Fsp3) is 0.235. The van der Waals surface area contributed by atoms with Gasteiger partial charge in [0.1, 0.15) is 12.4 Å². The van der Waals surface area contributed by atoms with Gasteiger partial charge in [-0.2, -0.15) is 0 Å². The van der Waals surface area contributed by atoms with Crippen LogP contribution in [0.1, 0.15) is 28.9 Å². The van der Waals surface area contributed by atoms with Crippen LogP contribution in [0.4, 0.5) is 0 Å². The first-order valence-electron chi connectivity index (χ1n) is 6.65. The molecule has 0 radical (unpaired) electrons. The van der Waals surface area contributed by atoms with E-state index < -0.39 is 0 Å². The van der Waals surface area contributed by atoms with Crippen molar-refractivity contribution in [3.05, 3.63) is 64.7 Å². The van der Waals surface area contributed by atoms with Gasteiger partial charge in [-0.15, -0.1) is 0 Å². The van der Waals surface area contributed by atoms with E-state index in [-0.39, 0.29) is 18.5 Å². The number of ketones is 1. The molecule has 0 N–H and O–H groups in total. The molecule has 4 heteroatoms. The normalized spacial score (nSPS) is 12.0. The molecule has 2 aromatic rings. The highest BCUT2D eigenvalue weighted by Gasteiger charge is 2.12. The van der Waals surface area contributed by atoms with E-state index in [1.165, 1.54) is 7.11 Å². The highest BCUT2D eigenvalue weighted by atomic mass is 35.5. The maximum Gasteiger partial charge on any atom is 0.188 e. The van der Waals surface area contributed by atoms with E-state index in [9.17, 15) is 4.79 Å². The van der Waals surface area contributed by atoms with E-state index in [1.54, 1.807) is 18.2 Å². The molecule has 0 aliphatic rings. The SMILES string of the molecule is COc1ccc(C(=O)COC(C)c2ccccc2)cc1Cl. The zero-order chi connectivity index (χ0) is 15.2. The van der Waals surface area contributed by atoms with Crippen LogP contribution < -0.4 is 4.74 Å². The number of rotatable bonds is 6. The molecule has 0 amide bonds. The highest BCUT2D eigenvalue weighted by Crippen LogP contribution is 2.25. The van der Waals surface area contributed by atoms with Crippen molar-refractivity contribution in [1.82, 2.24) is 0 Å². The Bertz CT molecular complexity index is 611. The summed E-state index contributed by atoms with van der Waals surface area (Å²) in [5.41, 5.74) is 1.55. The minimum Gasteiger partial charge on any atom is -0.495 e. The van der Waals surface area contributed by atoms with Crippen LogP contribution in [-0.4, -0.2) is 19.5 Å². The molecule has 3 nitrogen and oxygen atoms in total. The van der Waals surface area contributed by atoms with Crippen LogP contribution in [0, 0.1) is 0 Å². The Morgan fingerprint density at radius 1 is 1.19 bits per heavy atom. The lowest BCUT2D eigenvalue weighted by molar-refractivity contribution is 0.0521. The number of hydrogen-bond acceptors (Lipinski definition) is 3. The molecule has 0 saturated carbocycles. The van der Waals surface area contributed by atoms with Gasteiger partial charge in [0.15, 0.2) is 5.78 Å². The van der Waals surface area contributed by atoms with E-state index in [4.69, 9.17) is 21.1 Å². The van der Waals surface area contributed by atoms with E-state index in [0.717, 1.165) is 5.56 Å². The van der Waals surface area contributed by atoms with Gasteiger partial charge in [-0.05, 0) is 30.7 Å². The predicted molar refractivity (Wildman–Crippen MR) is 83.1 cm³/mol. The Morgan fingerprint density at radius 2 is 1.90 bits per heavy atom. The number of methoxy groups -OCH3 is 1. The number of carbonyl (C=O) groups excluding carboxylic acids is 1. The second-order valence-electron chi connectivity index (χ2n) is 4.64. The second-order valence-corrected chi connectivity index (χ2v) is 5.04. The summed E-state index contributed by atoms with van der Waals surface area (Å²) < 4.78 is 10.7. The van der Waals surface area contributed by atoms with Crippen molar-refractivity contribution in [2.45, 2.75) is 13.0 Å². The Labute approximate surface area is 129 Å². The van der Waals surface area contributed by atoms with Crippen molar-refractivity contribution < 1.29 is 14.3 Å². The Hall–Kier alpha value is -1.84. The minimum atomic E-state index is -0.135. The lowest BCUT2D eigenvalue weighted by atomic mass is 10.1. The van der Waals surface area contributed by atoms with Crippen LogP contribution in [-0.2, 0) is 4.74 Å². The molecule has 2 rings (SSSR count). The zero-order valence-electron chi connectivity index (χ0n) is 12.0. The first kappa shape index (κ1) is 15.5. The van der Waals surface area contributed by atoms with E-state index >= 15 is 0 Å². The van der Waals surface area contributed by atoms with Crippen LogP contribution in [0.3, 0.4) is 0 Å². The number of ether oxygens (including phenoxy) is 2. The van der Waals surface area contributed by atoms with Crippen LogP contribution in [0.15, 0.2) is 48.5 Å². The average Bonchev–Trinajstić information content (AvgIpc) is 2.53. The molecule has 0 fully saturated rings. The third-order valence-electron chi connectivity index (χ3n) is 3.21. The molecule has 0 spiro atoms. The third kappa shape index (κ3) is 4.06. The minimum absolute atomic E-state index is 0.0126. The third-order valence-corrected chi connectivity index (χ3v) is 3.50. The molecule has 0 aromatic heterocycles. The molecule has 0 aliphatic carbocycles. The molecule has 0 bridgehead atoms. The van der Waals surface area contributed by atoms with Gasteiger partial charge in [0.2, 0.25) is 0 Å². The van der Waals surface area contributed by atoms with Crippen molar-refractivity contribution in [1.29, 1.82) is 0 Å². The first-order chi connectivity index (χ1) is 10.1. The predicted octanol–water partition coefficient (Wildman–Crippen LogP) is 4.31. The number of hydrogen-bond donors (Lipinski definition) is 0. The number of benzene rings is 2. The summed E-state index contributed by atoms with van der Waals surface area (Å²) in [6.07, 6.45) is -0.135. The zero-order valence-corrected chi connectivity index (χ0v) is 12.8. The van der Waals surface area contributed by atoms with Crippen LogP contribution in [0.2, 0.25) is 5.02 Å². The highest BCUT2D eigenvalue weighted by molar-refractivity contribution is 6.32. The summed E-state index contributed by atoms with van der Waals surface area (Å²) in [6, 6.07) is 14.7.